The van der Waals surface area contributed by atoms with Crippen LogP contribution in [0.15, 0.2) is 24.4 Å². The molecular formula is C20H25FN6O3. The van der Waals surface area contributed by atoms with E-state index in [-0.39, 0.29) is 36.2 Å². The lowest BCUT2D eigenvalue weighted by Gasteiger charge is -2.19. The zero-order valence-corrected chi connectivity index (χ0v) is 16.9. The van der Waals surface area contributed by atoms with Crippen molar-refractivity contribution in [2.75, 3.05) is 24.3 Å². The Morgan fingerprint density at radius 2 is 2.13 bits per heavy atom. The Kier molecular flexibility index (Phi) is 6.65. The van der Waals surface area contributed by atoms with E-state index in [1.807, 2.05) is 13.0 Å². The minimum Gasteiger partial charge on any atom is -0.483 e. The van der Waals surface area contributed by atoms with Gasteiger partial charge in [0.15, 0.2) is 18.2 Å². The molecule has 30 heavy (non-hydrogen) atoms. The molecule has 0 radical (unpaired) electrons. The van der Waals surface area contributed by atoms with Crippen LogP contribution in [0.1, 0.15) is 24.8 Å². The maximum absolute atomic E-state index is 14.2. The van der Waals surface area contributed by atoms with Crippen LogP contribution in [0.2, 0.25) is 0 Å². The zero-order chi connectivity index (χ0) is 21.7. The molecule has 1 aliphatic rings. The summed E-state index contributed by atoms with van der Waals surface area (Å²) in [7, 11) is 1.53. The molecule has 160 valence electrons. The molecule has 0 bridgehead atoms. The first-order valence-corrected chi connectivity index (χ1v) is 9.67. The molecule has 1 aromatic carbocycles. The van der Waals surface area contributed by atoms with Crippen LogP contribution in [-0.2, 0) is 9.59 Å². The van der Waals surface area contributed by atoms with Crippen molar-refractivity contribution in [3.05, 3.63) is 35.8 Å². The summed E-state index contributed by atoms with van der Waals surface area (Å²) in [6.07, 6.45) is 3.28. The fourth-order valence-electron chi connectivity index (χ4n) is 3.36. The lowest BCUT2D eigenvalue weighted by atomic mass is 10.0. The highest BCUT2D eigenvalue weighted by molar-refractivity contribution is 5.78. The molecule has 0 saturated heterocycles. The highest BCUT2D eigenvalue weighted by atomic mass is 19.1. The maximum atomic E-state index is 14.2. The van der Waals surface area contributed by atoms with E-state index in [2.05, 4.69) is 25.9 Å². The van der Waals surface area contributed by atoms with Crippen molar-refractivity contribution in [1.29, 1.82) is 0 Å². The van der Waals surface area contributed by atoms with Crippen LogP contribution in [0.4, 0.5) is 21.8 Å². The number of rotatable bonds is 8. The molecule has 1 fully saturated rings. The van der Waals surface area contributed by atoms with Gasteiger partial charge in [0.05, 0.1) is 12.1 Å². The van der Waals surface area contributed by atoms with Crippen LogP contribution < -0.4 is 26.4 Å². The summed E-state index contributed by atoms with van der Waals surface area (Å²) in [5.74, 6) is -0.905. The highest BCUT2D eigenvalue weighted by Gasteiger charge is 2.32. The van der Waals surface area contributed by atoms with E-state index in [4.69, 9.17) is 10.5 Å². The molecule has 2 unspecified atom stereocenters. The largest absolute Gasteiger partial charge is 0.483 e. The predicted octanol–water partition coefficient (Wildman–Crippen LogP) is 1.86. The molecule has 2 atom stereocenters. The van der Waals surface area contributed by atoms with E-state index in [1.54, 1.807) is 12.1 Å². The second-order valence-corrected chi connectivity index (χ2v) is 7.15. The van der Waals surface area contributed by atoms with Crippen LogP contribution in [-0.4, -0.2) is 41.5 Å². The third-order valence-corrected chi connectivity index (χ3v) is 5.03. The SMILES string of the molecule is CNC(=O)COc1cc(Nc2ncc(F)c(NC3CCCC3C(N)=O)n2)ccc1C. The molecule has 1 saturated carbocycles. The number of aryl methyl sites for hydroxylation is 1. The summed E-state index contributed by atoms with van der Waals surface area (Å²) >= 11 is 0. The Hall–Kier alpha value is -3.43. The van der Waals surface area contributed by atoms with Gasteiger partial charge in [-0.25, -0.2) is 9.37 Å². The minimum absolute atomic E-state index is 0.00820. The lowest BCUT2D eigenvalue weighted by molar-refractivity contribution is -0.123. The summed E-state index contributed by atoms with van der Waals surface area (Å²) in [5.41, 5.74) is 6.90. The van der Waals surface area contributed by atoms with Crippen molar-refractivity contribution in [1.82, 2.24) is 15.3 Å². The zero-order valence-electron chi connectivity index (χ0n) is 16.9. The van der Waals surface area contributed by atoms with Crippen molar-refractivity contribution in [3.8, 4) is 5.75 Å². The number of ether oxygens (including phenoxy) is 1. The van der Waals surface area contributed by atoms with Crippen LogP contribution in [0.25, 0.3) is 0 Å². The Morgan fingerprint density at radius 3 is 2.87 bits per heavy atom. The number of nitrogens with one attached hydrogen (secondary N) is 3. The molecule has 3 rings (SSSR count). The molecule has 2 amide bonds. The van der Waals surface area contributed by atoms with Gasteiger partial charge in [-0.1, -0.05) is 12.5 Å². The molecule has 5 N–H and O–H groups in total. The van der Waals surface area contributed by atoms with Gasteiger partial charge in [0.1, 0.15) is 5.75 Å². The number of likely N-dealkylation sites (N-methyl/N-ethyl adjacent to an activating group) is 1. The fraction of sp³-hybridized carbons (Fsp3) is 0.400. The van der Waals surface area contributed by atoms with Crippen molar-refractivity contribution in [2.24, 2.45) is 11.7 Å². The highest BCUT2D eigenvalue weighted by Crippen LogP contribution is 2.29. The van der Waals surface area contributed by atoms with Crippen molar-refractivity contribution in [3.63, 3.8) is 0 Å². The molecule has 0 aliphatic heterocycles. The first kappa shape index (κ1) is 21.3. The standard InChI is InChI=1S/C20H25FN6O3/c1-11-6-7-12(8-16(11)30-10-17(28)23-2)25-20-24-9-14(21)19(27-20)26-15-5-3-4-13(15)18(22)29/h6-9,13,15H,3-5,10H2,1-2H3,(H2,22,29)(H,23,28)(H2,24,25,26,27). The molecule has 9 nitrogen and oxygen atoms in total. The Bertz CT molecular complexity index is 939. The van der Waals surface area contributed by atoms with E-state index in [0.29, 0.717) is 24.3 Å². The third kappa shape index (κ3) is 5.13. The number of benzene rings is 1. The first-order chi connectivity index (χ1) is 14.4. The second-order valence-electron chi connectivity index (χ2n) is 7.15. The molecule has 2 aromatic rings. The van der Waals surface area contributed by atoms with Crippen molar-refractivity contribution in [2.45, 2.75) is 32.2 Å². The van der Waals surface area contributed by atoms with Gasteiger partial charge in [0.25, 0.3) is 5.91 Å². The molecule has 1 heterocycles. The summed E-state index contributed by atoms with van der Waals surface area (Å²) < 4.78 is 19.8. The van der Waals surface area contributed by atoms with Crippen LogP contribution in [0, 0.1) is 18.7 Å². The normalized spacial score (nSPS) is 18.0. The number of aromatic nitrogens is 2. The molecule has 1 aliphatic carbocycles. The number of nitrogens with zero attached hydrogens (tertiary/aromatic N) is 2. The lowest BCUT2D eigenvalue weighted by Crippen LogP contribution is -2.34. The number of hydrogen-bond donors (Lipinski definition) is 4. The van der Waals surface area contributed by atoms with E-state index in [9.17, 15) is 14.0 Å². The average molecular weight is 416 g/mol. The number of halogens is 1. The van der Waals surface area contributed by atoms with Crippen molar-refractivity contribution < 1.29 is 18.7 Å². The second kappa shape index (κ2) is 9.38. The summed E-state index contributed by atoms with van der Waals surface area (Å²) in [5, 5.41) is 8.48. The van der Waals surface area contributed by atoms with Gasteiger partial charge in [0, 0.05) is 24.8 Å². The third-order valence-electron chi connectivity index (χ3n) is 5.03. The van der Waals surface area contributed by atoms with E-state index >= 15 is 0 Å². The van der Waals surface area contributed by atoms with Gasteiger partial charge in [-0.3, -0.25) is 9.59 Å². The Morgan fingerprint density at radius 1 is 1.33 bits per heavy atom. The summed E-state index contributed by atoms with van der Waals surface area (Å²) in [6, 6.07) is 5.06. The first-order valence-electron chi connectivity index (χ1n) is 9.67. The fourth-order valence-corrected chi connectivity index (χ4v) is 3.36. The molecular weight excluding hydrogens is 391 g/mol. The van der Waals surface area contributed by atoms with Crippen LogP contribution >= 0.6 is 0 Å². The van der Waals surface area contributed by atoms with Gasteiger partial charge in [-0.15, -0.1) is 0 Å². The topological polar surface area (TPSA) is 131 Å². The molecule has 1 aromatic heterocycles. The number of nitrogens with two attached hydrogens (primary N) is 1. The summed E-state index contributed by atoms with van der Waals surface area (Å²) in [4.78, 5) is 31.1. The number of carbonyl (C=O) groups is 2. The van der Waals surface area contributed by atoms with Crippen molar-refractivity contribution >= 4 is 29.3 Å². The predicted molar refractivity (Wildman–Crippen MR) is 110 cm³/mol. The monoisotopic (exact) mass is 416 g/mol. The van der Waals surface area contributed by atoms with E-state index in [1.165, 1.54) is 7.05 Å². The van der Waals surface area contributed by atoms with Gasteiger partial charge in [-0.2, -0.15) is 4.98 Å². The maximum Gasteiger partial charge on any atom is 0.257 e. The Labute approximate surface area is 173 Å². The van der Waals surface area contributed by atoms with E-state index in [0.717, 1.165) is 18.2 Å². The minimum atomic E-state index is -0.617. The number of amides is 2. The van der Waals surface area contributed by atoms with Gasteiger partial charge in [0.2, 0.25) is 11.9 Å². The number of anilines is 3. The summed E-state index contributed by atoms with van der Waals surface area (Å²) in [6.45, 7) is 1.75. The smallest absolute Gasteiger partial charge is 0.257 e. The average Bonchev–Trinajstić information content (AvgIpc) is 3.19. The van der Waals surface area contributed by atoms with Gasteiger partial charge in [-0.05, 0) is 31.4 Å². The van der Waals surface area contributed by atoms with Gasteiger partial charge < -0.3 is 26.4 Å². The quantitative estimate of drug-likeness (QED) is 0.516. The molecule has 10 heteroatoms. The van der Waals surface area contributed by atoms with Gasteiger partial charge >= 0.3 is 0 Å². The van der Waals surface area contributed by atoms with Crippen LogP contribution in [0.3, 0.4) is 0 Å². The number of hydrogen-bond acceptors (Lipinski definition) is 7. The Balaban J connectivity index is 1.73. The number of carbonyl (C=O) groups excluding carboxylic acids is 2. The number of primary amides is 1. The van der Waals surface area contributed by atoms with Crippen LogP contribution in [0.5, 0.6) is 5.75 Å². The molecule has 0 spiro atoms. The van der Waals surface area contributed by atoms with E-state index < -0.39 is 11.7 Å².